The predicted octanol–water partition coefficient (Wildman–Crippen LogP) is 2.06. The maximum Gasteiger partial charge on any atom is 0.246 e. The van der Waals surface area contributed by atoms with Crippen LogP contribution >= 0.6 is 0 Å². The third kappa shape index (κ3) is 4.52. The maximum absolute atomic E-state index is 13.3. The zero-order valence-electron chi connectivity index (χ0n) is 14.7. The Labute approximate surface area is 140 Å². The van der Waals surface area contributed by atoms with Gasteiger partial charge in [0.1, 0.15) is 6.04 Å². The molecule has 1 amide bonds. The van der Waals surface area contributed by atoms with Gasteiger partial charge in [0.05, 0.1) is 5.69 Å². The quantitative estimate of drug-likeness (QED) is 0.836. The predicted molar refractivity (Wildman–Crippen MR) is 93.2 cm³/mol. The fraction of sp³-hybridized carbons (Fsp3) is 0.667. The zero-order valence-corrected chi connectivity index (χ0v) is 14.7. The topological polar surface area (TPSA) is 48.5 Å². The summed E-state index contributed by atoms with van der Waals surface area (Å²) in [6.45, 7) is 10.8. The summed E-state index contributed by atoms with van der Waals surface area (Å²) >= 11 is 0. The van der Waals surface area contributed by atoms with Crippen molar-refractivity contribution < 1.29 is 4.79 Å². The minimum absolute atomic E-state index is 0.196. The summed E-state index contributed by atoms with van der Waals surface area (Å²) in [4.78, 5) is 22.1. The highest BCUT2D eigenvalue weighted by Gasteiger charge is 2.35. The van der Waals surface area contributed by atoms with E-state index in [9.17, 15) is 4.79 Å². The molecule has 2 atom stereocenters. The van der Waals surface area contributed by atoms with Crippen LogP contribution in [0.3, 0.4) is 0 Å². The molecule has 0 aromatic carbocycles. The van der Waals surface area contributed by atoms with Crippen LogP contribution in [-0.2, 0) is 4.79 Å². The standard InChI is InChI=1S/C18H30N4O/c1-4-11-21(12-5-2)18(23)17(16-8-6-7-9-20-16)22-13-10-19-14-15(22)3/h6-9,15,17,19H,4-5,10-14H2,1-3H3. The lowest BCUT2D eigenvalue weighted by atomic mass is 10.0. The molecule has 5 nitrogen and oxygen atoms in total. The highest BCUT2D eigenvalue weighted by atomic mass is 16.2. The second-order valence-corrected chi connectivity index (χ2v) is 6.27. The van der Waals surface area contributed by atoms with Crippen LogP contribution in [0.1, 0.15) is 45.3 Å². The summed E-state index contributed by atoms with van der Waals surface area (Å²) in [6, 6.07) is 5.91. The third-order valence-corrected chi connectivity index (χ3v) is 4.38. The molecule has 0 aliphatic carbocycles. The van der Waals surface area contributed by atoms with Gasteiger partial charge in [0.15, 0.2) is 0 Å². The number of amides is 1. The van der Waals surface area contributed by atoms with Gasteiger partial charge in [0.2, 0.25) is 5.91 Å². The molecule has 1 N–H and O–H groups in total. The van der Waals surface area contributed by atoms with Crippen molar-refractivity contribution in [3.63, 3.8) is 0 Å². The molecule has 0 radical (unpaired) electrons. The first-order valence-electron chi connectivity index (χ1n) is 8.85. The van der Waals surface area contributed by atoms with Gasteiger partial charge in [0.25, 0.3) is 0 Å². The van der Waals surface area contributed by atoms with Gasteiger partial charge >= 0.3 is 0 Å². The van der Waals surface area contributed by atoms with Crippen molar-refractivity contribution in [2.45, 2.75) is 45.7 Å². The van der Waals surface area contributed by atoms with Gasteiger partial charge in [-0.05, 0) is 31.9 Å². The minimum atomic E-state index is -0.272. The van der Waals surface area contributed by atoms with Gasteiger partial charge in [-0.15, -0.1) is 0 Å². The van der Waals surface area contributed by atoms with Crippen molar-refractivity contribution in [1.82, 2.24) is 20.1 Å². The van der Waals surface area contributed by atoms with Crippen LogP contribution < -0.4 is 5.32 Å². The van der Waals surface area contributed by atoms with Crippen LogP contribution in [0.4, 0.5) is 0 Å². The van der Waals surface area contributed by atoms with Crippen molar-refractivity contribution in [3.8, 4) is 0 Å². The van der Waals surface area contributed by atoms with E-state index in [2.05, 4.69) is 36.0 Å². The molecule has 2 rings (SSSR count). The molecule has 1 saturated heterocycles. The molecule has 2 heterocycles. The summed E-state index contributed by atoms with van der Waals surface area (Å²) in [6.07, 6.45) is 3.75. The van der Waals surface area contributed by atoms with Gasteiger partial charge in [-0.2, -0.15) is 0 Å². The Kier molecular flexibility index (Phi) is 6.99. The normalized spacial score (nSPS) is 20.2. The summed E-state index contributed by atoms with van der Waals surface area (Å²) < 4.78 is 0. The number of rotatable bonds is 7. The molecule has 1 aromatic rings. The van der Waals surface area contributed by atoms with Crippen LogP contribution in [0.5, 0.6) is 0 Å². The fourth-order valence-electron chi connectivity index (χ4n) is 3.26. The first-order chi connectivity index (χ1) is 11.2. The lowest BCUT2D eigenvalue weighted by molar-refractivity contribution is -0.139. The highest BCUT2D eigenvalue weighted by molar-refractivity contribution is 5.83. The molecule has 0 bridgehead atoms. The lowest BCUT2D eigenvalue weighted by Gasteiger charge is -2.40. The number of carbonyl (C=O) groups is 1. The van der Waals surface area contributed by atoms with Gasteiger partial charge in [0, 0.05) is 45.0 Å². The molecular weight excluding hydrogens is 288 g/mol. The smallest absolute Gasteiger partial charge is 0.246 e. The van der Waals surface area contributed by atoms with E-state index < -0.39 is 0 Å². The number of hydrogen-bond acceptors (Lipinski definition) is 4. The second kappa shape index (κ2) is 8.99. The van der Waals surface area contributed by atoms with E-state index in [-0.39, 0.29) is 11.9 Å². The molecule has 5 heteroatoms. The first-order valence-corrected chi connectivity index (χ1v) is 8.85. The van der Waals surface area contributed by atoms with Crippen LogP contribution in [0.25, 0.3) is 0 Å². The Bertz CT molecular complexity index is 473. The molecule has 1 aromatic heterocycles. The third-order valence-electron chi connectivity index (χ3n) is 4.38. The molecule has 0 saturated carbocycles. The number of hydrogen-bond donors (Lipinski definition) is 1. The van der Waals surface area contributed by atoms with E-state index in [1.165, 1.54) is 0 Å². The van der Waals surface area contributed by atoms with Gasteiger partial charge in [-0.1, -0.05) is 19.9 Å². The number of aromatic nitrogens is 1. The Morgan fingerprint density at radius 2 is 2.13 bits per heavy atom. The van der Waals surface area contributed by atoms with E-state index in [1.807, 2.05) is 23.1 Å². The molecule has 2 unspecified atom stereocenters. The summed E-state index contributed by atoms with van der Waals surface area (Å²) in [5.41, 5.74) is 0.864. The average molecular weight is 318 g/mol. The minimum Gasteiger partial charge on any atom is -0.341 e. The molecule has 23 heavy (non-hydrogen) atoms. The molecule has 1 aliphatic rings. The van der Waals surface area contributed by atoms with E-state index >= 15 is 0 Å². The van der Waals surface area contributed by atoms with Crippen molar-refractivity contribution in [3.05, 3.63) is 30.1 Å². The van der Waals surface area contributed by atoms with Crippen molar-refractivity contribution in [2.75, 3.05) is 32.7 Å². The van der Waals surface area contributed by atoms with Crippen LogP contribution in [0.15, 0.2) is 24.4 Å². The fourth-order valence-corrected chi connectivity index (χ4v) is 3.26. The Balaban J connectivity index is 2.30. The SMILES string of the molecule is CCCN(CCC)C(=O)C(c1ccccn1)N1CCNCC1C. The Morgan fingerprint density at radius 3 is 2.70 bits per heavy atom. The maximum atomic E-state index is 13.3. The Morgan fingerprint density at radius 1 is 1.39 bits per heavy atom. The molecular formula is C18H30N4O. The van der Waals surface area contributed by atoms with Crippen LogP contribution in [0, 0.1) is 0 Å². The van der Waals surface area contributed by atoms with Crippen LogP contribution in [0.2, 0.25) is 0 Å². The molecule has 1 aliphatic heterocycles. The van der Waals surface area contributed by atoms with Gasteiger partial charge in [-0.25, -0.2) is 0 Å². The number of nitrogens with zero attached hydrogens (tertiary/aromatic N) is 3. The second-order valence-electron chi connectivity index (χ2n) is 6.27. The zero-order chi connectivity index (χ0) is 16.7. The van der Waals surface area contributed by atoms with E-state index in [1.54, 1.807) is 6.20 Å². The first kappa shape index (κ1) is 17.9. The van der Waals surface area contributed by atoms with Crippen LogP contribution in [-0.4, -0.2) is 59.5 Å². The van der Waals surface area contributed by atoms with Crippen molar-refractivity contribution in [2.24, 2.45) is 0 Å². The number of nitrogens with one attached hydrogen (secondary N) is 1. The van der Waals surface area contributed by atoms with E-state index in [0.717, 1.165) is 51.3 Å². The van der Waals surface area contributed by atoms with Crippen molar-refractivity contribution in [1.29, 1.82) is 0 Å². The van der Waals surface area contributed by atoms with Crippen molar-refractivity contribution >= 4 is 5.91 Å². The average Bonchev–Trinajstić information content (AvgIpc) is 2.57. The summed E-state index contributed by atoms with van der Waals surface area (Å²) in [5.74, 6) is 0.196. The highest BCUT2D eigenvalue weighted by Crippen LogP contribution is 2.25. The monoisotopic (exact) mass is 318 g/mol. The number of piperazine rings is 1. The molecule has 1 fully saturated rings. The summed E-state index contributed by atoms with van der Waals surface area (Å²) in [5, 5.41) is 3.40. The Hall–Kier alpha value is -1.46. The summed E-state index contributed by atoms with van der Waals surface area (Å²) in [7, 11) is 0. The lowest BCUT2D eigenvalue weighted by Crippen LogP contribution is -2.55. The molecule has 0 spiro atoms. The van der Waals surface area contributed by atoms with E-state index in [4.69, 9.17) is 0 Å². The van der Waals surface area contributed by atoms with E-state index in [0.29, 0.717) is 6.04 Å². The molecule has 128 valence electrons. The number of carbonyl (C=O) groups excluding carboxylic acids is 1. The van der Waals surface area contributed by atoms with Gasteiger partial charge in [-0.3, -0.25) is 14.7 Å². The number of pyridine rings is 1. The largest absolute Gasteiger partial charge is 0.341 e. The van der Waals surface area contributed by atoms with Gasteiger partial charge < -0.3 is 10.2 Å².